The van der Waals surface area contributed by atoms with Crippen molar-refractivity contribution >= 4 is 0 Å². The molecule has 1 fully saturated rings. The van der Waals surface area contributed by atoms with Crippen molar-refractivity contribution in [1.82, 2.24) is 10.6 Å². The second-order valence-corrected chi connectivity index (χ2v) is 3.12. The van der Waals surface area contributed by atoms with Crippen LogP contribution in [0.15, 0.2) is 0 Å². The molecule has 0 spiro atoms. The summed E-state index contributed by atoms with van der Waals surface area (Å²) in [5.41, 5.74) is 0. The second-order valence-electron chi connectivity index (χ2n) is 3.12. The highest BCUT2D eigenvalue weighted by molar-refractivity contribution is 4.69. The van der Waals surface area contributed by atoms with E-state index in [9.17, 15) is 0 Å². The maximum atomic E-state index is 8.52. The molecule has 0 aliphatic carbocycles. The molecule has 0 atom stereocenters. The topological polar surface area (TPSA) is 44.3 Å². The molecule has 0 aromatic heterocycles. The summed E-state index contributed by atoms with van der Waals surface area (Å²) < 4.78 is 0. The molecule has 1 saturated heterocycles. The molecule has 3 N–H and O–H groups in total. The fourth-order valence-corrected chi connectivity index (χ4v) is 1.47. The highest BCUT2D eigenvalue weighted by Gasteiger charge is 2.11. The van der Waals surface area contributed by atoms with Crippen molar-refractivity contribution in [2.75, 3.05) is 32.8 Å². The molecule has 1 aliphatic heterocycles. The standard InChI is InChI=1S/C8H18N2O/c11-6-5-10-7-8-1-3-9-4-2-8/h8-11H,1-7H2. The van der Waals surface area contributed by atoms with Gasteiger partial charge in [-0.2, -0.15) is 0 Å². The van der Waals surface area contributed by atoms with Gasteiger partial charge in [-0.1, -0.05) is 0 Å². The molecule has 0 saturated carbocycles. The Morgan fingerprint density at radius 3 is 2.73 bits per heavy atom. The zero-order valence-corrected chi connectivity index (χ0v) is 6.97. The Labute approximate surface area is 68.2 Å². The van der Waals surface area contributed by atoms with Crippen LogP contribution >= 0.6 is 0 Å². The first-order valence-electron chi connectivity index (χ1n) is 4.46. The number of aliphatic hydroxyl groups excluding tert-OH is 1. The summed E-state index contributed by atoms with van der Waals surface area (Å²) in [4.78, 5) is 0. The minimum atomic E-state index is 0.255. The zero-order chi connectivity index (χ0) is 7.94. The maximum absolute atomic E-state index is 8.52. The summed E-state index contributed by atoms with van der Waals surface area (Å²) in [7, 11) is 0. The lowest BCUT2D eigenvalue weighted by Crippen LogP contribution is -2.34. The van der Waals surface area contributed by atoms with Crippen molar-refractivity contribution in [2.24, 2.45) is 5.92 Å². The normalized spacial score (nSPS) is 20.5. The molecule has 0 radical (unpaired) electrons. The molecular weight excluding hydrogens is 140 g/mol. The summed E-state index contributed by atoms with van der Waals surface area (Å²) in [5, 5.41) is 15.1. The average Bonchev–Trinajstić information content (AvgIpc) is 2.07. The van der Waals surface area contributed by atoms with Gasteiger partial charge in [0.2, 0.25) is 0 Å². The summed E-state index contributed by atoms with van der Waals surface area (Å²) in [6.07, 6.45) is 2.55. The van der Waals surface area contributed by atoms with Crippen molar-refractivity contribution in [1.29, 1.82) is 0 Å². The van der Waals surface area contributed by atoms with Crippen LogP contribution in [0.4, 0.5) is 0 Å². The lowest BCUT2D eigenvalue weighted by molar-refractivity contribution is 0.280. The lowest BCUT2D eigenvalue weighted by Gasteiger charge is -2.22. The fraction of sp³-hybridized carbons (Fsp3) is 1.00. The molecule has 66 valence electrons. The Morgan fingerprint density at radius 2 is 2.09 bits per heavy atom. The Hall–Kier alpha value is -0.120. The van der Waals surface area contributed by atoms with Crippen LogP contribution in [0.2, 0.25) is 0 Å². The molecule has 0 aromatic rings. The monoisotopic (exact) mass is 158 g/mol. The smallest absolute Gasteiger partial charge is 0.0555 e. The lowest BCUT2D eigenvalue weighted by atomic mass is 9.98. The van der Waals surface area contributed by atoms with Crippen LogP contribution in [0.25, 0.3) is 0 Å². The number of nitrogens with one attached hydrogen (secondary N) is 2. The first kappa shape index (κ1) is 8.97. The van der Waals surface area contributed by atoms with Gasteiger partial charge >= 0.3 is 0 Å². The molecule has 1 aliphatic rings. The molecule has 0 unspecified atom stereocenters. The molecule has 0 aromatic carbocycles. The van der Waals surface area contributed by atoms with Crippen LogP contribution in [0, 0.1) is 5.92 Å². The molecule has 0 bridgehead atoms. The Bertz CT molecular complexity index is 92.1. The predicted molar refractivity (Wildman–Crippen MR) is 45.5 cm³/mol. The average molecular weight is 158 g/mol. The van der Waals surface area contributed by atoms with E-state index in [0.29, 0.717) is 0 Å². The van der Waals surface area contributed by atoms with E-state index < -0.39 is 0 Å². The number of aliphatic hydroxyl groups is 1. The van der Waals surface area contributed by atoms with Crippen molar-refractivity contribution in [3.8, 4) is 0 Å². The molecule has 11 heavy (non-hydrogen) atoms. The van der Waals surface area contributed by atoms with Crippen molar-refractivity contribution in [2.45, 2.75) is 12.8 Å². The van der Waals surface area contributed by atoms with Crippen LogP contribution in [-0.2, 0) is 0 Å². The molecule has 3 heteroatoms. The largest absolute Gasteiger partial charge is 0.395 e. The number of piperidine rings is 1. The predicted octanol–water partition coefficient (Wildman–Crippen LogP) is -0.432. The van der Waals surface area contributed by atoms with Gasteiger partial charge in [-0.15, -0.1) is 0 Å². The highest BCUT2D eigenvalue weighted by atomic mass is 16.3. The molecule has 1 rings (SSSR count). The molecule has 3 nitrogen and oxygen atoms in total. The van der Waals surface area contributed by atoms with E-state index >= 15 is 0 Å². The summed E-state index contributed by atoms with van der Waals surface area (Å²) in [6, 6.07) is 0. The van der Waals surface area contributed by atoms with Gasteiger partial charge in [0.1, 0.15) is 0 Å². The van der Waals surface area contributed by atoms with Gasteiger partial charge in [0.15, 0.2) is 0 Å². The van der Waals surface area contributed by atoms with Crippen molar-refractivity contribution < 1.29 is 5.11 Å². The quantitative estimate of drug-likeness (QED) is 0.486. The fourth-order valence-electron chi connectivity index (χ4n) is 1.47. The van der Waals surface area contributed by atoms with E-state index in [1.54, 1.807) is 0 Å². The summed E-state index contributed by atoms with van der Waals surface area (Å²) in [5.74, 6) is 0.822. The van der Waals surface area contributed by atoms with Crippen LogP contribution in [0.3, 0.4) is 0 Å². The Morgan fingerprint density at radius 1 is 1.36 bits per heavy atom. The van der Waals surface area contributed by atoms with Crippen molar-refractivity contribution in [3.05, 3.63) is 0 Å². The zero-order valence-electron chi connectivity index (χ0n) is 6.97. The third-order valence-electron chi connectivity index (χ3n) is 2.18. The van der Waals surface area contributed by atoms with E-state index in [0.717, 1.165) is 32.1 Å². The van der Waals surface area contributed by atoms with E-state index in [-0.39, 0.29) is 6.61 Å². The number of hydrogen-bond donors (Lipinski definition) is 3. The van der Waals surface area contributed by atoms with Crippen LogP contribution in [0.5, 0.6) is 0 Å². The molecular formula is C8H18N2O. The minimum Gasteiger partial charge on any atom is -0.395 e. The highest BCUT2D eigenvalue weighted by Crippen LogP contribution is 2.09. The van der Waals surface area contributed by atoms with Crippen molar-refractivity contribution in [3.63, 3.8) is 0 Å². The maximum Gasteiger partial charge on any atom is 0.0555 e. The number of hydrogen-bond acceptors (Lipinski definition) is 3. The Kier molecular flexibility index (Phi) is 4.50. The van der Waals surface area contributed by atoms with E-state index in [1.807, 2.05) is 0 Å². The molecule has 1 heterocycles. The van der Waals surface area contributed by atoms with Crippen LogP contribution in [-0.4, -0.2) is 37.9 Å². The number of rotatable bonds is 4. The van der Waals surface area contributed by atoms with Gasteiger partial charge in [0.05, 0.1) is 6.61 Å². The Balaban J connectivity index is 1.96. The SMILES string of the molecule is OCCNCC1CCNCC1. The third kappa shape index (κ3) is 3.70. The van der Waals surface area contributed by atoms with Crippen LogP contribution in [0.1, 0.15) is 12.8 Å². The van der Waals surface area contributed by atoms with Gasteiger partial charge < -0.3 is 15.7 Å². The van der Waals surface area contributed by atoms with Crippen LogP contribution < -0.4 is 10.6 Å². The summed E-state index contributed by atoms with van der Waals surface area (Å²) >= 11 is 0. The molecule has 0 amide bonds. The summed E-state index contributed by atoms with van der Waals surface area (Å²) in [6.45, 7) is 4.38. The third-order valence-corrected chi connectivity index (χ3v) is 2.18. The minimum absolute atomic E-state index is 0.255. The van der Waals surface area contributed by atoms with Gasteiger partial charge in [-0.3, -0.25) is 0 Å². The van der Waals surface area contributed by atoms with Gasteiger partial charge in [-0.05, 0) is 38.4 Å². The van der Waals surface area contributed by atoms with E-state index in [4.69, 9.17) is 5.11 Å². The first-order chi connectivity index (χ1) is 5.43. The van der Waals surface area contributed by atoms with Gasteiger partial charge in [0, 0.05) is 6.54 Å². The first-order valence-corrected chi connectivity index (χ1v) is 4.46. The second kappa shape index (κ2) is 5.52. The van der Waals surface area contributed by atoms with E-state index in [2.05, 4.69) is 10.6 Å². The van der Waals surface area contributed by atoms with Gasteiger partial charge in [0.25, 0.3) is 0 Å². The van der Waals surface area contributed by atoms with Gasteiger partial charge in [-0.25, -0.2) is 0 Å². The van der Waals surface area contributed by atoms with E-state index in [1.165, 1.54) is 12.8 Å².